The maximum Gasteiger partial charge on any atom is 0.319 e. The number of esters is 1. The molecule has 0 radical (unpaired) electrons. The van der Waals surface area contributed by atoms with Crippen LogP contribution >= 0.6 is 15.9 Å². The Bertz CT molecular complexity index is 886. The van der Waals surface area contributed by atoms with Crippen molar-refractivity contribution in [3.05, 3.63) is 34.3 Å². The van der Waals surface area contributed by atoms with Crippen molar-refractivity contribution in [2.45, 2.75) is 38.2 Å². The van der Waals surface area contributed by atoms with Crippen LogP contribution in [0.25, 0.3) is 0 Å². The van der Waals surface area contributed by atoms with Gasteiger partial charge in [-0.2, -0.15) is 16.8 Å². The van der Waals surface area contributed by atoms with Crippen molar-refractivity contribution in [1.29, 1.82) is 0 Å². The Morgan fingerprint density at radius 2 is 1.46 bits per heavy atom. The first kappa shape index (κ1) is 25.0. The van der Waals surface area contributed by atoms with Crippen LogP contribution in [-0.2, 0) is 43.5 Å². The summed E-state index contributed by atoms with van der Waals surface area (Å²) in [6.45, 7) is 4.09. The van der Waals surface area contributed by atoms with Gasteiger partial charge in [-0.05, 0) is 44.9 Å². The third-order valence-electron chi connectivity index (χ3n) is 3.53. The van der Waals surface area contributed by atoms with Crippen LogP contribution < -0.4 is 0 Å². The number of ether oxygens (including phenoxy) is 1. The standard InChI is InChI=1S/C17H25BrO8S2/c1-16(2,3)26-15(19)17(12-25-28(5,22)23,10-11-24-27(4,20)21)13-6-8-14(18)9-7-13/h6-9H,10-12H2,1-5H3. The average molecular weight is 501 g/mol. The number of halogens is 1. The fourth-order valence-electron chi connectivity index (χ4n) is 2.30. The molecule has 1 atom stereocenters. The molecule has 0 aromatic heterocycles. The highest BCUT2D eigenvalue weighted by Gasteiger charge is 2.45. The van der Waals surface area contributed by atoms with Gasteiger partial charge < -0.3 is 4.74 Å². The molecule has 1 rings (SSSR count). The van der Waals surface area contributed by atoms with Crippen molar-refractivity contribution >= 4 is 42.1 Å². The third kappa shape index (κ3) is 8.56. The van der Waals surface area contributed by atoms with E-state index in [0.717, 1.165) is 17.0 Å². The molecule has 11 heteroatoms. The highest BCUT2D eigenvalue weighted by atomic mass is 79.9. The summed E-state index contributed by atoms with van der Waals surface area (Å²) >= 11 is 3.30. The topological polar surface area (TPSA) is 113 Å². The van der Waals surface area contributed by atoms with Crippen LogP contribution in [0, 0.1) is 0 Å². The fourth-order valence-corrected chi connectivity index (χ4v) is 3.36. The van der Waals surface area contributed by atoms with Gasteiger partial charge in [-0.1, -0.05) is 28.1 Å². The van der Waals surface area contributed by atoms with Crippen molar-refractivity contribution in [2.75, 3.05) is 25.7 Å². The molecule has 1 aromatic rings. The molecule has 1 aromatic carbocycles. The van der Waals surface area contributed by atoms with Crippen molar-refractivity contribution in [3.8, 4) is 0 Å². The second-order valence-electron chi connectivity index (χ2n) is 7.33. The van der Waals surface area contributed by atoms with E-state index in [0.29, 0.717) is 5.56 Å². The molecule has 0 heterocycles. The molecule has 1 unspecified atom stereocenters. The number of benzene rings is 1. The van der Waals surface area contributed by atoms with Crippen molar-refractivity contribution < 1.29 is 34.7 Å². The van der Waals surface area contributed by atoms with E-state index in [-0.39, 0.29) is 13.0 Å². The summed E-state index contributed by atoms with van der Waals surface area (Å²) in [6.07, 6.45) is 1.57. The van der Waals surface area contributed by atoms with Crippen LogP contribution in [0.3, 0.4) is 0 Å². The maximum atomic E-state index is 13.1. The van der Waals surface area contributed by atoms with E-state index < -0.39 is 43.8 Å². The van der Waals surface area contributed by atoms with Gasteiger partial charge in [0.05, 0.1) is 25.7 Å². The first-order valence-electron chi connectivity index (χ1n) is 8.22. The second-order valence-corrected chi connectivity index (χ2v) is 11.5. The number of carbonyl (C=O) groups excluding carboxylic acids is 1. The SMILES string of the molecule is CC(C)(C)OC(=O)C(CCOS(C)(=O)=O)(COS(C)(=O)=O)c1ccc(Br)cc1. The Kier molecular flexibility index (Phi) is 8.23. The predicted molar refractivity (Wildman–Crippen MR) is 108 cm³/mol. The number of hydrogen-bond acceptors (Lipinski definition) is 8. The normalized spacial score (nSPS) is 15.1. The van der Waals surface area contributed by atoms with E-state index >= 15 is 0 Å². The number of hydrogen-bond donors (Lipinski definition) is 0. The molecule has 0 aliphatic heterocycles. The molecule has 0 bridgehead atoms. The van der Waals surface area contributed by atoms with Crippen molar-refractivity contribution in [3.63, 3.8) is 0 Å². The summed E-state index contributed by atoms with van der Waals surface area (Å²) in [7, 11) is -7.64. The van der Waals surface area contributed by atoms with Crippen LogP contribution in [0.15, 0.2) is 28.7 Å². The van der Waals surface area contributed by atoms with Gasteiger partial charge in [0, 0.05) is 4.47 Å². The molecule has 0 N–H and O–H groups in total. The Hall–Kier alpha value is -1.01. The van der Waals surface area contributed by atoms with E-state index in [1.54, 1.807) is 45.0 Å². The zero-order valence-corrected chi connectivity index (χ0v) is 19.6. The lowest BCUT2D eigenvalue weighted by Crippen LogP contribution is -2.46. The second kappa shape index (κ2) is 9.21. The molecule has 28 heavy (non-hydrogen) atoms. The molecule has 8 nitrogen and oxygen atoms in total. The fraction of sp³-hybridized carbons (Fsp3) is 0.588. The molecule has 0 aliphatic rings. The van der Waals surface area contributed by atoms with Gasteiger partial charge in [-0.3, -0.25) is 13.2 Å². The van der Waals surface area contributed by atoms with E-state index in [4.69, 9.17) is 13.1 Å². The summed E-state index contributed by atoms with van der Waals surface area (Å²) in [4.78, 5) is 13.1. The molecule has 0 fully saturated rings. The van der Waals surface area contributed by atoms with Crippen molar-refractivity contribution in [2.24, 2.45) is 0 Å². The lowest BCUT2D eigenvalue weighted by molar-refractivity contribution is -0.164. The number of carbonyl (C=O) groups is 1. The first-order valence-corrected chi connectivity index (χ1v) is 12.6. The van der Waals surface area contributed by atoms with Gasteiger partial charge in [0.25, 0.3) is 20.2 Å². The maximum absolute atomic E-state index is 13.1. The predicted octanol–water partition coefficient (Wildman–Crippen LogP) is 2.37. The zero-order chi connectivity index (χ0) is 21.8. The quantitative estimate of drug-likeness (QED) is 0.375. The molecule has 0 spiro atoms. The Morgan fingerprint density at radius 1 is 0.964 bits per heavy atom. The third-order valence-corrected chi connectivity index (χ3v) is 5.20. The molecule has 0 aliphatic carbocycles. The van der Waals surface area contributed by atoms with E-state index in [9.17, 15) is 21.6 Å². The molecule has 0 saturated heterocycles. The summed E-state index contributed by atoms with van der Waals surface area (Å²) in [5.41, 5.74) is -2.05. The molecule has 160 valence electrons. The van der Waals surface area contributed by atoms with E-state index in [1.165, 1.54) is 0 Å². The van der Waals surface area contributed by atoms with Gasteiger partial charge in [0.1, 0.15) is 11.0 Å². The van der Waals surface area contributed by atoms with Crippen LogP contribution in [0.4, 0.5) is 0 Å². The zero-order valence-electron chi connectivity index (χ0n) is 16.4. The first-order chi connectivity index (χ1) is 12.5. The minimum absolute atomic E-state index is 0.174. The molecule has 0 amide bonds. The monoisotopic (exact) mass is 500 g/mol. The molecule has 0 saturated carbocycles. The Morgan fingerprint density at radius 3 is 1.89 bits per heavy atom. The van der Waals surface area contributed by atoms with Gasteiger partial charge in [-0.15, -0.1) is 0 Å². The van der Waals surface area contributed by atoms with Gasteiger partial charge in [-0.25, -0.2) is 0 Å². The van der Waals surface area contributed by atoms with Crippen LogP contribution in [-0.4, -0.2) is 54.1 Å². The summed E-state index contributed by atoms with van der Waals surface area (Å²) < 4.78 is 61.9. The van der Waals surface area contributed by atoms with Crippen LogP contribution in [0.1, 0.15) is 32.8 Å². The molecular weight excluding hydrogens is 476 g/mol. The Balaban J connectivity index is 3.44. The van der Waals surface area contributed by atoms with E-state index in [1.807, 2.05) is 0 Å². The molecular formula is C17H25BrO8S2. The highest BCUT2D eigenvalue weighted by Crippen LogP contribution is 2.34. The summed E-state index contributed by atoms with van der Waals surface area (Å²) in [5.74, 6) is -0.747. The highest BCUT2D eigenvalue weighted by molar-refractivity contribution is 9.10. The Labute approximate surface area is 174 Å². The summed E-state index contributed by atoms with van der Waals surface area (Å²) in [6, 6.07) is 6.57. The van der Waals surface area contributed by atoms with Gasteiger partial charge >= 0.3 is 5.97 Å². The smallest absolute Gasteiger partial charge is 0.319 e. The lowest BCUT2D eigenvalue weighted by atomic mass is 9.78. The minimum atomic E-state index is -3.88. The summed E-state index contributed by atoms with van der Waals surface area (Å²) in [5, 5.41) is 0. The largest absolute Gasteiger partial charge is 0.459 e. The van der Waals surface area contributed by atoms with Gasteiger partial charge in [0.2, 0.25) is 0 Å². The minimum Gasteiger partial charge on any atom is -0.459 e. The number of rotatable bonds is 9. The lowest BCUT2D eigenvalue weighted by Gasteiger charge is -2.34. The van der Waals surface area contributed by atoms with Crippen LogP contribution in [0.2, 0.25) is 0 Å². The average Bonchev–Trinajstić information content (AvgIpc) is 2.48. The van der Waals surface area contributed by atoms with Crippen LogP contribution in [0.5, 0.6) is 0 Å². The van der Waals surface area contributed by atoms with Gasteiger partial charge in [0.15, 0.2) is 0 Å². The van der Waals surface area contributed by atoms with E-state index in [2.05, 4.69) is 15.9 Å². The van der Waals surface area contributed by atoms with Crippen molar-refractivity contribution in [1.82, 2.24) is 0 Å².